The van der Waals surface area contributed by atoms with E-state index < -0.39 is 0 Å². The van der Waals surface area contributed by atoms with Gasteiger partial charge in [0.05, 0.1) is 0 Å². The predicted octanol–water partition coefficient (Wildman–Crippen LogP) is 21.4. The van der Waals surface area contributed by atoms with E-state index in [0.29, 0.717) is 35.4 Å². The number of anilines is 9. The van der Waals surface area contributed by atoms with E-state index in [1.54, 1.807) is 4.90 Å². The van der Waals surface area contributed by atoms with Gasteiger partial charge < -0.3 is 14.7 Å². The van der Waals surface area contributed by atoms with Crippen LogP contribution in [0, 0.1) is 6.92 Å². The van der Waals surface area contributed by atoms with Crippen LogP contribution in [0.15, 0.2) is 248 Å². The van der Waals surface area contributed by atoms with E-state index in [-0.39, 0.29) is 21.7 Å². The van der Waals surface area contributed by atoms with Crippen molar-refractivity contribution in [3.63, 3.8) is 0 Å². The predicted molar refractivity (Wildman–Crippen MR) is 390 cm³/mol. The van der Waals surface area contributed by atoms with Crippen molar-refractivity contribution in [3.8, 4) is 0 Å². The minimum absolute atomic E-state index is 0.0174. The maximum atomic E-state index is 5.23. The Morgan fingerprint density at radius 2 is 0.511 bits per heavy atom. The summed E-state index contributed by atoms with van der Waals surface area (Å²) in [7, 11) is 0. The molecule has 3 aliphatic heterocycles. The van der Waals surface area contributed by atoms with Crippen molar-refractivity contribution in [2.24, 2.45) is 30.0 Å². The number of aliphatic imine (C=N–C) groups is 6. The molecule has 0 aliphatic carbocycles. The fourth-order valence-electron chi connectivity index (χ4n) is 11.8. The van der Waals surface area contributed by atoms with Crippen molar-refractivity contribution in [1.82, 2.24) is 4.90 Å². The lowest BCUT2D eigenvalue weighted by molar-refractivity contribution is 0.590. The average Bonchev–Trinajstić information content (AvgIpc) is 0.755. The summed E-state index contributed by atoms with van der Waals surface area (Å²) in [6.45, 7) is 31.4. The van der Waals surface area contributed by atoms with Gasteiger partial charge >= 0.3 is 0 Å². The van der Waals surface area contributed by atoms with Crippen LogP contribution in [0.4, 0.5) is 51.2 Å². The van der Waals surface area contributed by atoms with Gasteiger partial charge in [0, 0.05) is 67.9 Å². The first kappa shape index (κ1) is 62.4. The van der Waals surface area contributed by atoms with Gasteiger partial charge in [-0.05, 0) is 215 Å². The molecule has 9 aromatic carbocycles. The largest absolute Gasteiger partial charge is 0.311 e. The Labute approximate surface area is 546 Å². The molecule has 0 unspecified atom stereocenters. The fraction of sp³-hybridized carbons (Fsp3) is 0.268. The molecule has 464 valence electrons. The molecule has 0 N–H and O–H groups in total. The van der Waals surface area contributed by atoms with Crippen molar-refractivity contribution in [1.29, 1.82) is 0 Å². The summed E-state index contributed by atoms with van der Waals surface area (Å²) in [6, 6.07) is 78.8. The first-order chi connectivity index (χ1) is 43.9. The lowest BCUT2D eigenvalue weighted by Gasteiger charge is -2.31. The van der Waals surface area contributed by atoms with Crippen molar-refractivity contribution in [3.05, 3.63) is 268 Å². The second-order valence-electron chi connectivity index (χ2n) is 28.7. The van der Waals surface area contributed by atoms with Crippen LogP contribution in [0.2, 0.25) is 0 Å². The molecule has 0 saturated carbocycles. The van der Waals surface area contributed by atoms with Gasteiger partial charge in [0.15, 0.2) is 17.5 Å². The number of guanidine groups is 3. The van der Waals surface area contributed by atoms with Gasteiger partial charge in [-0.25, -0.2) is 4.90 Å². The molecule has 3 heterocycles. The van der Waals surface area contributed by atoms with Crippen LogP contribution >= 0.6 is 0 Å². The Morgan fingerprint density at radius 3 is 0.750 bits per heavy atom. The molecule has 0 atom stereocenters. The quantitative estimate of drug-likeness (QED) is 0.0902. The van der Waals surface area contributed by atoms with E-state index in [1.807, 2.05) is 0 Å². The van der Waals surface area contributed by atoms with Crippen LogP contribution < -0.4 is 14.7 Å². The SMILES string of the molecule is CCCCCc1ccc(N(c2ccc(C3=NC4=NC(c5ccc(N(c6ccc(C(C)(C)C)cc6)c6ccc(C(C)(C)C)cc6)cc5)=NC5=NC(c6ccc(N(c7ccc(C)cc7)c7ccc(C(C)(C)C)cc7)cc6)=NC(=N3)N54)cc2)c2ccc(C(C)(C)C)cc2)cc1. The second kappa shape index (κ2) is 25.1. The number of benzene rings is 9. The van der Waals surface area contributed by atoms with Gasteiger partial charge in [-0.15, -0.1) is 0 Å². The average molecular weight is 1210 g/mol. The molecule has 0 fully saturated rings. The van der Waals surface area contributed by atoms with Crippen molar-refractivity contribution in [2.45, 2.75) is 144 Å². The maximum Gasteiger partial charge on any atom is 0.243 e. The molecule has 10 heteroatoms. The number of hydrogen-bond acceptors (Lipinski definition) is 10. The lowest BCUT2D eigenvalue weighted by Crippen LogP contribution is -2.48. The zero-order chi connectivity index (χ0) is 64.7. The Morgan fingerprint density at radius 1 is 0.283 bits per heavy atom. The van der Waals surface area contributed by atoms with Gasteiger partial charge in [-0.1, -0.05) is 181 Å². The van der Waals surface area contributed by atoms with Crippen LogP contribution in [0.5, 0.6) is 0 Å². The molecule has 10 nitrogen and oxygen atoms in total. The molecule has 0 spiro atoms. The first-order valence-electron chi connectivity index (χ1n) is 32.6. The van der Waals surface area contributed by atoms with E-state index >= 15 is 0 Å². The van der Waals surface area contributed by atoms with E-state index in [4.69, 9.17) is 30.0 Å². The van der Waals surface area contributed by atoms with E-state index in [1.165, 1.54) is 52.6 Å². The Kier molecular flexibility index (Phi) is 17.0. The smallest absolute Gasteiger partial charge is 0.243 e. The molecule has 9 aromatic rings. The monoisotopic (exact) mass is 1210 g/mol. The van der Waals surface area contributed by atoms with Crippen LogP contribution in [0.1, 0.15) is 159 Å². The van der Waals surface area contributed by atoms with Gasteiger partial charge in [-0.2, -0.15) is 30.0 Å². The summed E-state index contributed by atoms with van der Waals surface area (Å²) in [5, 5.41) is 0. The van der Waals surface area contributed by atoms with Gasteiger partial charge in [0.1, 0.15) is 0 Å². The second-order valence-corrected chi connectivity index (χ2v) is 28.7. The number of rotatable bonds is 16. The highest BCUT2D eigenvalue weighted by Crippen LogP contribution is 2.41. The molecule has 0 saturated heterocycles. The maximum absolute atomic E-state index is 5.23. The number of hydrogen-bond donors (Lipinski definition) is 0. The van der Waals surface area contributed by atoms with Gasteiger partial charge in [0.25, 0.3) is 0 Å². The highest BCUT2D eigenvalue weighted by Gasteiger charge is 2.36. The topological polar surface area (TPSA) is 87.1 Å². The summed E-state index contributed by atoms with van der Waals surface area (Å²) in [4.78, 5) is 40.0. The van der Waals surface area contributed by atoms with E-state index in [2.05, 4.69) is 330 Å². The van der Waals surface area contributed by atoms with Crippen LogP contribution in [0.25, 0.3) is 0 Å². The summed E-state index contributed by atoms with van der Waals surface area (Å²) in [6.07, 6.45) is 4.69. The summed E-state index contributed by atoms with van der Waals surface area (Å²) >= 11 is 0. The standard InChI is InChI=1S/C82H86N10/c1-15-16-17-18-56-21-39-65(40-22-56)90(70-49-31-61(32-50-70)80(6,7)8)67-43-25-58(26-44-67)74-85-76-83-73(57-23-41-66(42-24-57)89(64-37-19-55(2)20-38-64)69-47-29-60(30-48-69)79(3,4)5)84-77-87-75(88-78(86-74)92(76)77)59-27-45-68(46-28-59)91(71-51-33-62(34-52-71)81(9,10)11)72-53-35-63(36-54-72)82(12,13)14/h19-54H,15-18H2,1-14H3. The Balaban J connectivity index is 0.935. The number of aryl methyl sites for hydroxylation is 2. The molecule has 3 aliphatic rings. The van der Waals surface area contributed by atoms with Gasteiger partial charge in [0.2, 0.25) is 17.9 Å². The first-order valence-corrected chi connectivity index (χ1v) is 32.6. The normalized spacial score (nSPS) is 14.1. The Bertz CT molecular complexity index is 4240. The molecule has 12 rings (SSSR count). The third-order valence-corrected chi connectivity index (χ3v) is 17.5. The van der Waals surface area contributed by atoms with Crippen molar-refractivity contribution >= 4 is 86.6 Å². The number of amidine groups is 3. The lowest BCUT2D eigenvalue weighted by atomic mass is 9.86. The molecular formula is C82H86N10. The number of unbranched alkanes of at least 4 members (excludes halogenated alkanes) is 2. The van der Waals surface area contributed by atoms with Crippen molar-refractivity contribution < 1.29 is 0 Å². The fourth-order valence-corrected chi connectivity index (χ4v) is 11.8. The molecule has 0 bridgehead atoms. The van der Waals surface area contributed by atoms with Crippen LogP contribution in [-0.2, 0) is 28.1 Å². The van der Waals surface area contributed by atoms with Crippen LogP contribution in [-0.4, -0.2) is 40.3 Å². The number of nitrogens with zero attached hydrogens (tertiary/aromatic N) is 10. The van der Waals surface area contributed by atoms with E-state index in [9.17, 15) is 0 Å². The minimum atomic E-state index is 0.0174. The van der Waals surface area contributed by atoms with Crippen LogP contribution in [0.3, 0.4) is 0 Å². The zero-order valence-corrected chi connectivity index (χ0v) is 56.1. The molecule has 0 aromatic heterocycles. The Hall–Kier alpha value is -9.80. The summed E-state index contributed by atoms with van der Waals surface area (Å²) in [5.74, 6) is 2.57. The highest BCUT2D eigenvalue weighted by atomic mass is 15.5. The highest BCUT2D eigenvalue weighted by molar-refractivity contribution is 6.34. The minimum Gasteiger partial charge on any atom is -0.311 e. The molecule has 92 heavy (non-hydrogen) atoms. The molecular weight excluding hydrogens is 1120 g/mol. The van der Waals surface area contributed by atoms with Crippen molar-refractivity contribution in [2.75, 3.05) is 14.7 Å². The third kappa shape index (κ3) is 13.5. The third-order valence-electron chi connectivity index (χ3n) is 17.5. The summed E-state index contributed by atoms with van der Waals surface area (Å²) < 4.78 is 0. The molecule has 0 radical (unpaired) electrons. The zero-order valence-electron chi connectivity index (χ0n) is 56.1. The summed E-state index contributed by atoms with van der Waals surface area (Å²) in [5.41, 5.74) is 19.6. The van der Waals surface area contributed by atoms with Gasteiger partial charge in [-0.3, -0.25) is 0 Å². The van der Waals surface area contributed by atoms with E-state index in [0.717, 1.165) is 74.3 Å². The molecule has 0 amide bonds.